The van der Waals surface area contributed by atoms with Gasteiger partial charge in [-0.25, -0.2) is 0 Å². The lowest BCUT2D eigenvalue weighted by molar-refractivity contribution is 0.873. The van der Waals surface area contributed by atoms with Crippen molar-refractivity contribution in [2.24, 2.45) is 5.73 Å². The van der Waals surface area contributed by atoms with E-state index in [1.165, 1.54) is 33.4 Å². The van der Waals surface area contributed by atoms with E-state index >= 15 is 0 Å². The van der Waals surface area contributed by atoms with Crippen molar-refractivity contribution in [3.63, 3.8) is 0 Å². The van der Waals surface area contributed by atoms with Crippen molar-refractivity contribution in [2.45, 2.75) is 67.7 Å². The Morgan fingerprint density at radius 1 is 1.04 bits per heavy atom. The second-order valence-electron chi connectivity index (χ2n) is 7.68. The van der Waals surface area contributed by atoms with Crippen molar-refractivity contribution in [1.82, 2.24) is 0 Å². The van der Waals surface area contributed by atoms with Gasteiger partial charge in [-0.15, -0.1) is 0 Å². The molecule has 0 spiro atoms. The highest BCUT2D eigenvalue weighted by molar-refractivity contribution is 5.58. The summed E-state index contributed by atoms with van der Waals surface area (Å²) < 4.78 is 0. The summed E-state index contributed by atoms with van der Waals surface area (Å²) in [7, 11) is 0. The number of benzene rings is 1. The van der Waals surface area contributed by atoms with Crippen LogP contribution >= 0.6 is 0 Å². The molecule has 1 aromatic rings. The average molecular weight is 364 g/mol. The summed E-state index contributed by atoms with van der Waals surface area (Å²) in [5.74, 6) is 0.0825. The number of rotatable bonds is 7. The van der Waals surface area contributed by atoms with Gasteiger partial charge in [-0.1, -0.05) is 66.6 Å². The summed E-state index contributed by atoms with van der Waals surface area (Å²) in [5.41, 5.74) is 18.1. The molecule has 27 heavy (non-hydrogen) atoms. The molecule has 0 aromatic heterocycles. The van der Waals surface area contributed by atoms with Crippen molar-refractivity contribution in [1.29, 1.82) is 0 Å². The second-order valence-corrected chi connectivity index (χ2v) is 7.68. The number of nitrogens with two attached hydrogens (primary N) is 1. The molecule has 0 aliphatic carbocycles. The molecule has 0 fully saturated rings. The van der Waals surface area contributed by atoms with Crippen LogP contribution in [-0.2, 0) is 0 Å². The molecular weight excluding hydrogens is 326 g/mol. The molecular formula is C26H37N. The summed E-state index contributed by atoms with van der Waals surface area (Å²) in [6.45, 7) is 25.7. The van der Waals surface area contributed by atoms with Crippen LogP contribution in [0.3, 0.4) is 0 Å². The molecule has 2 N–H and O–H groups in total. The predicted octanol–water partition coefficient (Wildman–Crippen LogP) is 7.44. The van der Waals surface area contributed by atoms with Gasteiger partial charge in [0.15, 0.2) is 0 Å². The molecule has 146 valence electrons. The third-order valence-corrected chi connectivity index (χ3v) is 5.37. The molecule has 1 aromatic carbocycles. The maximum atomic E-state index is 6.34. The highest BCUT2D eigenvalue weighted by Gasteiger charge is 2.27. The van der Waals surface area contributed by atoms with Crippen LogP contribution in [0.5, 0.6) is 0 Å². The maximum Gasteiger partial charge on any atom is 0.0350 e. The summed E-state index contributed by atoms with van der Waals surface area (Å²) >= 11 is 0. The van der Waals surface area contributed by atoms with E-state index < -0.39 is 0 Å². The van der Waals surface area contributed by atoms with Crippen molar-refractivity contribution < 1.29 is 0 Å². The monoisotopic (exact) mass is 363 g/mol. The molecule has 0 radical (unpaired) electrons. The maximum absolute atomic E-state index is 6.34. The van der Waals surface area contributed by atoms with Crippen LogP contribution < -0.4 is 5.73 Å². The minimum absolute atomic E-state index is 0.0825. The number of hydrogen-bond acceptors (Lipinski definition) is 1. The largest absolute Gasteiger partial charge is 0.399 e. The lowest BCUT2D eigenvalue weighted by Crippen LogP contribution is -2.15. The third kappa shape index (κ3) is 5.13. The van der Waals surface area contributed by atoms with Crippen LogP contribution in [0.4, 0.5) is 0 Å². The Balaban J connectivity index is 4.05. The van der Waals surface area contributed by atoms with Crippen molar-refractivity contribution >= 4 is 0 Å². The zero-order chi connectivity index (χ0) is 20.9. The smallest absolute Gasteiger partial charge is 0.0350 e. The van der Waals surface area contributed by atoms with Crippen LogP contribution in [0.25, 0.3) is 0 Å². The number of hydrogen-bond donors (Lipinski definition) is 1. The number of allylic oxidation sites excluding steroid dienone is 7. The first-order valence-electron chi connectivity index (χ1n) is 9.78. The molecule has 0 bridgehead atoms. The third-order valence-electron chi connectivity index (χ3n) is 5.37. The highest BCUT2D eigenvalue weighted by atomic mass is 14.6. The molecule has 0 heterocycles. The van der Waals surface area contributed by atoms with Gasteiger partial charge in [0.25, 0.3) is 0 Å². The van der Waals surface area contributed by atoms with E-state index in [2.05, 4.69) is 79.8 Å². The Morgan fingerprint density at radius 2 is 1.59 bits per heavy atom. The second kappa shape index (κ2) is 9.60. The van der Waals surface area contributed by atoms with Gasteiger partial charge in [0.2, 0.25) is 0 Å². The average Bonchev–Trinajstić information content (AvgIpc) is 2.59. The van der Waals surface area contributed by atoms with Gasteiger partial charge in [-0.2, -0.15) is 0 Å². The molecule has 1 heteroatoms. The lowest BCUT2D eigenvalue weighted by Gasteiger charge is -2.30. The lowest BCUT2D eigenvalue weighted by atomic mass is 9.74. The molecule has 1 atom stereocenters. The Bertz CT molecular complexity index is 828. The fraction of sp³-hybridized carbons (Fsp3) is 0.385. The van der Waals surface area contributed by atoms with Gasteiger partial charge >= 0.3 is 0 Å². The molecule has 1 rings (SSSR count). The van der Waals surface area contributed by atoms with Crippen LogP contribution in [0.1, 0.15) is 70.6 Å². The predicted molar refractivity (Wildman–Crippen MR) is 122 cm³/mol. The van der Waals surface area contributed by atoms with Gasteiger partial charge in [0.1, 0.15) is 0 Å². The van der Waals surface area contributed by atoms with Crippen LogP contribution in [-0.4, -0.2) is 0 Å². The summed E-state index contributed by atoms with van der Waals surface area (Å²) in [6, 6.07) is 6.70. The Hall–Kier alpha value is -2.28. The number of aryl methyl sites for hydroxylation is 2. The summed E-state index contributed by atoms with van der Waals surface area (Å²) in [6.07, 6.45) is 2.96. The van der Waals surface area contributed by atoms with Crippen LogP contribution in [0.2, 0.25) is 0 Å². The Kier molecular flexibility index (Phi) is 8.09. The van der Waals surface area contributed by atoms with Gasteiger partial charge in [-0.3, -0.25) is 0 Å². The first kappa shape index (κ1) is 22.8. The van der Waals surface area contributed by atoms with E-state index in [1.54, 1.807) is 0 Å². The van der Waals surface area contributed by atoms with E-state index in [0.29, 0.717) is 0 Å². The van der Waals surface area contributed by atoms with Gasteiger partial charge < -0.3 is 5.73 Å². The first-order valence-corrected chi connectivity index (χ1v) is 9.78. The SMILES string of the molecule is C=C(C)/C(=C(C)\C(N)=C/C)C(/C(C(=C)C)=C(/C)CC)c1ccc(C)cc1C. The Labute approximate surface area is 167 Å². The van der Waals surface area contributed by atoms with Crippen molar-refractivity contribution in [3.05, 3.63) is 93.3 Å². The zero-order valence-electron chi connectivity index (χ0n) is 18.6. The minimum atomic E-state index is 0.0825. The van der Waals surface area contributed by atoms with Crippen LogP contribution in [0, 0.1) is 13.8 Å². The summed E-state index contributed by atoms with van der Waals surface area (Å²) in [5, 5.41) is 0. The molecule has 0 amide bonds. The first-order chi connectivity index (χ1) is 12.6. The topological polar surface area (TPSA) is 26.0 Å². The van der Waals surface area contributed by atoms with E-state index in [9.17, 15) is 0 Å². The van der Waals surface area contributed by atoms with E-state index in [4.69, 9.17) is 5.73 Å². The van der Waals surface area contributed by atoms with Crippen LogP contribution in [0.15, 0.2) is 76.6 Å². The van der Waals surface area contributed by atoms with E-state index in [-0.39, 0.29) is 5.92 Å². The molecule has 0 aliphatic heterocycles. The fourth-order valence-electron chi connectivity index (χ4n) is 3.81. The van der Waals surface area contributed by atoms with E-state index in [1.807, 2.05) is 13.0 Å². The molecule has 0 saturated carbocycles. The standard InChI is InChI=1S/C26H37N/c1-11-19(8)24(16(3)4)26(22-14-13-18(7)15-20(22)9)25(17(5)6)21(10)23(27)12-2/h12-15,26H,3,5,11,27H2,1-2,4,6-10H3/b23-12+,24-19-,25-21+. The van der Waals surface area contributed by atoms with Crippen molar-refractivity contribution in [3.8, 4) is 0 Å². The normalized spacial score (nSPS) is 15.0. The van der Waals surface area contributed by atoms with Gasteiger partial charge in [0.05, 0.1) is 0 Å². The molecule has 1 unspecified atom stereocenters. The quantitative estimate of drug-likeness (QED) is 0.500. The fourth-order valence-corrected chi connectivity index (χ4v) is 3.81. The minimum Gasteiger partial charge on any atom is -0.399 e. The van der Waals surface area contributed by atoms with E-state index in [0.717, 1.165) is 28.8 Å². The summed E-state index contributed by atoms with van der Waals surface area (Å²) in [4.78, 5) is 0. The van der Waals surface area contributed by atoms with Gasteiger partial charge in [-0.05, 0) is 82.7 Å². The molecule has 0 saturated heterocycles. The Morgan fingerprint density at radius 3 is 2.00 bits per heavy atom. The molecule has 1 nitrogen and oxygen atoms in total. The zero-order valence-corrected chi connectivity index (χ0v) is 18.6. The van der Waals surface area contributed by atoms with Gasteiger partial charge in [0, 0.05) is 11.6 Å². The molecule has 0 aliphatic rings. The highest BCUT2D eigenvalue weighted by Crippen LogP contribution is 2.43. The van der Waals surface area contributed by atoms with Crippen molar-refractivity contribution in [2.75, 3.05) is 0 Å².